The Morgan fingerprint density at radius 1 is 1.30 bits per heavy atom. The number of rotatable bonds is 2. The third-order valence-electron chi connectivity index (χ3n) is 2.11. The number of nitroso groups, excluding NO2 is 1. The Kier molecular flexibility index (Phi) is 3.59. The lowest BCUT2D eigenvalue weighted by atomic mass is 9.89. The molecule has 1 saturated carbocycles. The first-order chi connectivity index (χ1) is 4.83. The molecular weight excluding hydrogens is 241 g/mol. The van der Waals surface area contributed by atoms with E-state index in [1.807, 2.05) is 0 Å². The maximum atomic E-state index is 9.90. The van der Waals surface area contributed by atoms with E-state index in [9.17, 15) is 4.91 Å². The minimum Gasteiger partial charge on any atom is -0.151 e. The van der Waals surface area contributed by atoms with Gasteiger partial charge in [0.25, 0.3) is 0 Å². The van der Waals surface area contributed by atoms with Crippen LogP contribution in [0.1, 0.15) is 25.7 Å². The van der Waals surface area contributed by atoms with Gasteiger partial charge in [-0.2, -0.15) is 4.91 Å². The molecule has 1 aliphatic rings. The van der Waals surface area contributed by atoms with Gasteiger partial charge in [0.2, 0.25) is 0 Å². The molecule has 0 aromatic rings. The summed E-state index contributed by atoms with van der Waals surface area (Å²) >= 11 is 2.49. The standard InChI is InChI=1S/C7H12INO/c8-7-3-1-6(2-4-7)5-9-10/h6-7H,1-5H2. The molecule has 0 aromatic heterocycles. The molecule has 0 amide bonds. The SMILES string of the molecule is O=NCC1CCC(I)CC1. The number of hydrogen-bond donors (Lipinski definition) is 0. The van der Waals surface area contributed by atoms with Crippen LogP contribution in [0, 0.1) is 10.8 Å². The number of hydrogen-bond acceptors (Lipinski definition) is 2. The molecule has 0 atom stereocenters. The van der Waals surface area contributed by atoms with Gasteiger partial charge < -0.3 is 0 Å². The summed E-state index contributed by atoms with van der Waals surface area (Å²) in [5.41, 5.74) is 0. The number of nitrogens with zero attached hydrogens (tertiary/aromatic N) is 1. The van der Waals surface area contributed by atoms with Crippen molar-refractivity contribution in [2.75, 3.05) is 6.54 Å². The minimum atomic E-state index is 0.545. The Balaban J connectivity index is 2.19. The van der Waals surface area contributed by atoms with Crippen molar-refractivity contribution in [3.05, 3.63) is 4.91 Å². The summed E-state index contributed by atoms with van der Waals surface area (Å²) in [5.74, 6) is 0.600. The average molecular weight is 253 g/mol. The van der Waals surface area contributed by atoms with Gasteiger partial charge in [0.15, 0.2) is 0 Å². The van der Waals surface area contributed by atoms with Crippen LogP contribution in [-0.2, 0) is 0 Å². The van der Waals surface area contributed by atoms with E-state index < -0.39 is 0 Å². The van der Waals surface area contributed by atoms with E-state index in [-0.39, 0.29) is 0 Å². The highest BCUT2D eigenvalue weighted by atomic mass is 127. The molecule has 2 nitrogen and oxygen atoms in total. The number of halogens is 1. The second kappa shape index (κ2) is 4.26. The summed E-state index contributed by atoms with van der Waals surface area (Å²) in [5, 5.41) is 2.93. The highest BCUT2D eigenvalue weighted by Gasteiger charge is 2.18. The van der Waals surface area contributed by atoms with Crippen LogP contribution in [0.2, 0.25) is 0 Å². The summed E-state index contributed by atoms with van der Waals surface area (Å²) in [6.07, 6.45) is 4.97. The van der Waals surface area contributed by atoms with Crippen molar-refractivity contribution in [1.82, 2.24) is 0 Å². The fourth-order valence-corrected chi connectivity index (χ4v) is 2.13. The second-order valence-electron chi connectivity index (χ2n) is 2.93. The van der Waals surface area contributed by atoms with Crippen molar-refractivity contribution >= 4 is 22.6 Å². The van der Waals surface area contributed by atoms with Crippen molar-refractivity contribution in [2.45, 2.75) is 29.6 Å². The molecule has 1 aliphatic carbocycles. The maximum absolute atomic E-state index is 9.90. The van der Waals surface area contributed by atoms with Gasteiger partial charge in [-0.25, -0.2) is 0 Å². The van der Waals surface area contributed by atoms with Crippen LogP contribution in [0.3, 0.4) is 0 Å². The van der Waals surface area contributed by atoms with Crippen molar-refractivity contribution in [2.24, 2.45) is 11.1 Å². The Morgan fingerprint density at radius 2 is 1.90 bits per heavy atom. The largest absolute Gasteiger partial charge is 0.151 e. The third-order valence-corrected chi connectivity index (χ3v) is 3.35. The quantitative estimate of drug-likeness (QED) is 0.422. The molecule has 0 unspecified atom stereocenters. The molecule has 0 radical (unpaired) electrons. The smallest absolute Gasteiger partial charge is 0.0839 e. The fraction of sp³-hybridized carbons (Fsp3) is 1.00. The van der Waals surface area contributed by atoms with Crippen LogP contribution in [-0.4, -0.2) is 10.5 Å². The van der Waals surface area contributed by atoms with Gasteiger partial charge in [0.1, 0.15) is 0 Å². The minimum absolute atomic E-state index is 0.545. The van der Waals surface area contributed by atoms with Crippen LogP contribution >= 0.6 is 22.6 Å². The lowest BCUT2D eigenvalue weighted by Gasteiger charge is -2.22. The van der Waals surface area contributed by atoms with E-state index in [4.69, 9.17) is 0 Å². The van der Waals surface area contributed by atoms with E-state index >= 15 is 0 Å². The van der Waals surface area contributed by atoms with E-state index in [0.717, 1.165) is 3.92 Å². The molecule has 0 spiro atoms. The summed E-state index contributed by atoms with van der Waals surface area (Å²) < 4.78 is 0.848. The van der Waals surface area contributed by atoms with Crippen LogP contribution in [0.15, 0.2) is 5.18 Å². The Bertz CT molecular complexity index is 110. The summed E-state index contributed by atoms with van der Waals surface area (Å²) in [4.78, 5) is 9.90. The summed E-state index contributed by atoms with van der Waals surface area (Å²) in [6.45, 7) is 0.545. The molecule has 0 bridgehead atoms. The normalized spacial score (nSPS) is 33.7. The molecule has 3 heteroatoms. The Hall–Kier alpha value is 0.330. The van der Waals surface area contributed by atoms with Gasteiger partial charge in [0, 0.05) is 3.92 Å². The van der Waals surface area contributed by atoms with E-state index in [0.29, 0.717) is 12.5 Å². The summed E-state index contributed by atoms with van der Waals surface area (Å²) in [6, 6.07) is 0. The van der Waals surface area contributed by atoms with Crippen LogP contribution in [0.5, 0.6) is 0 Å². The zero-order chi connectivity index (χ0) is 7.40. The molecular formula is C7H12INO. The molecule has 58 valence electrons. The first kappa shape index (κ1) is 8.43. The summed E-state index contributed by atoms with van der Waals surface area (Å²) in [7, 11) is 0. The zero-order valence-electron chi connectivity index (χ0n) is 5.92. The van der Waals surface area contributed by atoms with Gasteiger partial charge in [0.05, 0.1) is 6.54 Å². The highest BCUT2D eigenvalue weighted by Crippen LogP contribution is 2.28. The van der Waals surface area contributed by atoms with Gasteiger partial charge in [-0.05, 0) is 31.6 Å². The van der Waals surface area contributed by atoms with Crippen molar-refractivity contribution < 1.29 is 0 Å². The topological polar surface area (TPSA) is 29.4 Å². The van der Waals surface area contributed by atoms with Crippen LogP contribution in [0.25, 0.3) is 0 Å². The molecule has 0 aromatic carbocycles. The van der Waals surface area contributed by atoms with Crippen molar-refractivity contribution in [1.29, 1.82) is 0 Å². The predicted octanol–water partition coefficient (Wildman–Crippen LogP) is 2.75. The first-order valence-corrected chi connectivity index (χ1v) is 5.00. The van der Waals surface area contributed by atoms with Gasteiger partial charge >= 0.3 is 0 Å². The molecule has 1 rings (SSSR count). The lowest BCUT2D eigenvalue weighted by Crippen LogP contribution is -2.15. The third kappa shape index (κ3) is 2.52. The molecule has 0 heterocycles. The fourth-order valence-electron chi connectivity index (χ4n) is 1.41. The van der Waals surface area contributed by atoms with Crippen molar-refractivity contribution in [3.8, 4) is 0 Å². The number of alkyl halides is 1. The Morgan fingerprint density at radius 3 is 2.40 bits per heavy atom. The monoisotopic (exact) mass is 253 g/mol. The molecule has 10 heavy (non-hydrogen) atoms. The highest BCUT2D eigenvalue weighted by molar-refractivity contribution is 14.1. The maximum Gasteiger partial charge on any atom is 0.0839 e. The molecule has 0 N–H and O–H groups in total. The Labute approximate surface area is 74.9 Å². The van der Waals surface area contributed by atoms with Crippen molar-refractivity contribution in [3.63, 3.8) is 0 Å². The van der Waals surface area contributed by atoms with Gasteiger partial charge in [-0.15, -0.1) is 0 Å². The van der Waals surface area contributed by atoms with Gasteiger partial charge in [-0.1, -0.05) is 27.8 Å². The van der Waals surface area contributed by atoms with E-state index in [2.05, 4.69) is 27.8 Å². The molecule has 0 aliphatic heterocycles. The second-order valence-corrected chi connectivity index (χ2v) is 4.69. The molecule has 0 saturated heterocycles. The van der Waals surface area contributed by atoms with E-state index in [1.54, 1.807) is 0 Å². The van der Waals surface area contributed by atoms with Crippen LogP contribution in [0.4, 0.5) is 0 Å². The zero-order valence-corrected chi connectivity index (χ0v) is 8.08. The first-order valence-electron chi connectivity index (χ1n) is 3.76. The van der Waals surface area contributed by atoms with E-state index in [1.165, 1.54) is 25.7 Å². The van der Waals surface area contributed by atoms with Gasteiger partial charge in [-0.3, -0.25) is 0 Å². The van der Waals surface area contributed by atoms with Crippen LogP contribution < -0.4 is 0 Å². The lowest BCUT2D eigenvalue weighted by molar-refractivity contribution is 0.380. The average Bonchev–Trinajstić information content (AvgIpc) is 1.95. The molecule has 1 fully saturated rings. The predicted molar refractivity (Wildman–Crippen MR) is 50.4 cm³/mol.